The van der Waals surface area contributed by atoms with E-state index in [0.717, 1.165) is 0 Å². The molecule has 0 saturated carbocycles. The lowest BCUT2D eigenvalue weighted by Gasteiger charge is -2.22. The van der Waals surface area contributed by atoms with Crippen molar-refractivity contribution in [2.75, 3.05) is 17.2 Å². The largest absolute Gasteiger partial charge is 0.379 e. The zero-order chi connectivity index (χ0) is 12.5. The summed E-state index contributed by atoms with van der Waals surface area (Å²) in [6.07, 6.45) is 1.16. The summed E-state index contributed by atoms with van der Waals surface area (Å²) in [6, 6.07) is -0.405. The van der Waals surface area contributed by atoms with Crippen molar-refractivity contribution in [3.05, 3.63) is 5.69 Å². The molecule has 2 rings (SSSR count). The number of nitrogens with one attached hydrogen (secondary N) is 1. The van der Waals surface area contributed by atoms with Crippen LogP contribution in [0.2, 0.25) is 0 Å². The van der Waals surface area contributed by atoms with Crippen LogP contribution in [0.15, 0.2) is 4.63 Å². The average molecular weight is 260 g/mol. The van der Waals surface area contributed by atoms with Gasteiger partial charge in [0.15, 0.2) is 9.84 Å². The first-order valence-corrected chi connectivity index (χ1v) is 6.89. The van der Waals surface area contributed by atoms with E-state index in [1.165, 1.54) is 0 Å². The van der Waals surface area contributed by atoms with Gasteiger partial charge in [-0.3, -0.25) is 4.79 Å². The topological polar surface area (TPSA) is 128 Å². The number of rotatable bonds is 2. The molecule has 0 aromatic carbocycles. The average Bonchev–Trinajstić information content (AvgIpc) is 2.62. The Morgan fingerprint density at radius 3 is 2.82 bits per heavy atom. The van der Waals surface area contributed by atoms with Crippen molar-refractivity contribution >= 4 is 21.6 Å². The highest BCUT2D eigenvalue weighted by Crippen LogP contribution is 2.13. The highest BCUT2D eigenvalue weighted by molar-refractivity contribution is 7.91. The van der Waals surface area contributed by atoms with Gasteiger partial charge >= 0.3 is 0 Å². The van der Waals surface area contributed by atoms with Gasteiger partial charge in [-0.2, -0.15) is 0 Å². The summed E-state index contributed by atoms with van der Waals surface area (Å²) < 4.78 is 27.0. The fraction of sp³-hybridized carbons (Fsp3) is 0.625. The Hall–Kier alpha value is -1.64. The zero-order valence-corrected chi connectivity index (χ0v) is 9.74. The number of hydrogen-bond acceptors (Lipinski definition) is 7. The van der Waals surface area contributed by atoms with E-state index in [-0.39, 0.29) is 23.0 Å². The normalized spacial score (nSPS) is 23.2. The number of aromatic nitrogens is 2. The molecule has 0 aliphatic carbocycles. The van der Waals surface area contributed by atoms with Gasteiger partial charge in [0, 0.05) is 6.04 Å². The summed E-state index contributed by atoms with van der Waals surface area (Å²) in [6.45, 7) is 0. The first-order chi connectivity index (χ1) is 7.98. The van der Waals surface area contributed by atoms with E-state index >= 15 is 0 Å². The highest BCUT2D eigenvalue weighted by Gasteiger charge is 2.27. The zero-order valence-electron chi connectivity index (χ0n) is 8.92. The Labute approximate surface area is 97.4 Å². The summed E-state index contributed by atoms with van der Waals surface area (Å²) in [5.41, 5.74) is 5.24. The Kier molecular flexibility index (Phi) is 3.01. The molecule has 3 N–H and O–H groups in total. The van der Waals surface area contributed by atoms with Crippen molar-refractivity contribution in [1.82, 2.24) is 15.6 Å². The molecular weight excluding hydrogens is 248 g/mol. The van der Waals surface area contributed by atoms with Crippen LogP contribution in [0.3, 0.4) is 0 Å². The van der Waals surface area contributed by atoms with Gasteiger partial charge in [0.1, 0.15) is 0 Å². The second-order valence-electron chi connectivity index (χ2n) is 3.93. The number of amides is 1. The Bertz CT molecular complexity index is 523. The second-order valence-corrected chi connectivity index (χ2v) is 6.15. The predicted molar refractivity (Wildman–Crippen MR) is 57.9 cm³/mol. The molecule has 1 saturated heterocycles. The first kappa shape index (κ1) is 11.8. The van der Waals surface area contributed by atoms with Gasteiger partial charge in [-0.05, 0) is 23.2 Å². The molecule has 1 aromatic rings. The molecule has 17 heavy (non-hydrogen) atoms. The summed E-state index contributed by atoms with van der Waals surface area (Å²) in [4.78, 5) is 11.7. The summed E-state index contributed by atoms with van der Waals surface area (Å²) >= 11 is 0. The van der Waals surface area contributed by atoms with E-state index in [1.807, 2.05) is 0 Å². The summed E-state index contributed by atoms with van der Waals surface area (Å²) in [5.74, 6) is -0.552. The van der Waals surface area contributed by atoms with Crippen LogP contribution in [0, 0.1) is 0 Å². The van der Waals surface area contributed by atoms with Crippen LogP contribution in [-0.4, -0.2) is 42.2 Å². The van der Waals surface area contributed by atoms with Gasteiger partial charge in [0.05, 0.1) is 11.5 Å². The van der Waals surface area contributed by atoms with Gasteiger partial charge in [-0.25, -0.2) is 13.0 Å². The minimum atomic E-state index is -3.06. The fourth-order valence-electron chi connectivity index (χ4n) is 1.74. The van der Waals surface area contributed by atoms with Gasteiger partial charge in [-0.1, -0.05) is 0 Å². The minimum Gasteiger partial charge on any atom is -0.379 e. The monoisotopic (exact) mass is 260 g/mol. The van der Waals surface area contributed by atoms with Gasteiger partial charge in [0.25, 0.3) is 5.91 Å². The van der Waals surface area contributed by atoms with Gasteiger partial charge in [-0.15, -0.1) is 0 Å². The molecule has 2 heterocycles. The Balaban J connectivity index is 2.02. The molecule has 8 nitrogen and oxygen atoms in total. The number of sulfone groups is 1. The molecule has 1 aliphatic heterocycles. The number of nitrogens with zero attached hydrogens (tertiary/aromatic N) is 2. The van der Waals surface area contributed by atoms with Crippen molar-refractivity contribution < 1.29 is 17.8 Å². The maximum absolute atomic E-state index is 11.7. The standard InChI is InChI=1S/C8H12N4O4S/c9-7-6(11-16-12-7)8(13)10-5-2-1-3-17(14,15)4-5/h5H,1-4H2,(H2,9,12)(H,10,13). The van der Waals surface area contributed by atoms with E-state index in [4.69, 9.17) is 5.73 Å². The van der Waals surface area contributed by atoms with E-state index in [1.54, 1.807) is 0 Å². The third-order valence-corrected chi connectivity index (χ3v) is 4.35. The molecule has 1 atom stereocenters. The lowest BCUT2D eigenvalue weighted by atomic mass is 10.2. The lowest BCUT2D eigenvalue weighted by molar-refractivity contribution is 0.0929. The van der Waals surface area contributed by atoms with Crippen LogP contribution >= 0.6 is 0 Å². The molecule has 94 valence electrons. The number of hydrogen-bond donors (Lipinski definition) is 2. The van der Waals surface area contributed by atoms with Crippen LogP contribution in [0.4, 0.5) is 5.82 Å². The number of nitrogens with two attached hydrogens (primary N) is 1. The third-order valence-electron chi connectivity index (χ3n) is 2.53. The van der Waals surface area contributed by atoms with Crippen molar-refractivity contribution in [2.24, 2.45) is 0 Å². The molecule has 0 spiro atoms. The van der Waals surface area contributed by atoms with Crippen LogP contribution in [0.25, 0.3) is 0 Å². The Morgan fingerprint density at radius 2 is 2.24 bits per heavy atom. The molecule has 1 unspecified atom stereocenters. The number of carbonyl (C=O) groups is 1. The molecule has 0 radical (unpaired) electrons. The molecular formula is C8H12N4O4S. The van der Waals surface area contributed by atoms with Crippen LogP contribution in [0.5, 0.6) is 0 Å². The Morgan fingerprint density at radius 1 is 1.47 bits per heavy atom. The SMILES string of the molecule is Nc1nonc1C(=O)NC1CCCS(=O)(=O)C1. The lowest BCUT2D eigenvalue weighted by Crippen LogP contribution is -2.43. The van der Waals surface area contributed by atoms with Crippen LogP contribution in [0.1, 0.15) is 23.3 Å². The summed E-state index contributed by atoms with van der Waals surface area (Å²) in [7, 11) is -3.06. The maximum atomic E-state index is 11.7. The van der Waals surface area contributed by atoms with Crippen molar-refractivity contribution in [2.45, 2.75) is 18.9 Å². The highest BCUT2D eigenvalue weighted by atomic mass is 32.2. The molecule has 1 aliphatic rings. The minimum absolute atomic E-state index is 0.0517. The first-order valence-electron chi connectivity index (χ1n) is 5.07. The van der Waals surface area contributed by atoms with Crippen LogP contribution in [-0.2, 0) is 9.84 Å². The van der Waals surface area contributed by atoms with Crippen molar-refractivity contribution in [1.29, 1.82) is 0 Å². The van der Waals surface area contributed by atoms with Crippen molar-refractivity contribution in [3.63, 3.8) is 0 Å². The third kappa shape index (κ3) is 2.73. The molecule has 1 aromatic heterocycles. The molecule has 1 amide bonds. The van der Waals surface area contributed by atoms with Crippen molar-refractivity contribution in [3.8, 4) is 0 Å². The number of anilines is 1. The number of nitrogen functional groups attached to an aromatic ring is 1. The van der Waals surface area contributed by atoms with Gasteiger partial charge < -0.3 is 11.1 Å². The van der Waals surface area contributed by atoms with E-state index in [0.29, 0.717) is 12.8 Å². The molecule has 0 bridgehead atoms. The maximum Gasteiger partial charge on any atom is 0.277 e. The number of carbonyl (C=O) groups excluding carboxylic acids is 1. The van der Waals surface area contributed by atoms with Crippen LogP contribution < -0.4 is 11.1 Å². The smallest absolute Gasteiger partial charge is 0.277 e. The summed E-state index contributed by atoms with van der Waals surface area (Å²) in [5, 5.41) is 9.17. The second kappa shape index (κ2) is 4.32. The van der Waals surface area contributed by atoms with E-state index in [9.17, 15) is 13.2 Å². The van der Waals surface area contributed by atoms with Gasteiger partial charge in [0.2, 0.25) is 11.5 Å². The fourth-order valence-corrected chi connectivity index (χ4v) is 3.38. The predicted octanol–water partition coefficient (Wildman–Crippen LogP) is -1.04. The van der Waals surface area contributed by atoms with E-state index in [2.05, 4.69) is 20.3 Å². The molecule has 9 heteroatoms. The molecule has 1 fully saturated rings. The van der Waals surface area contributed by atoms with E-state index < -0.39 is 21.8 Å². The quantitative estimate of drug-likeness (QED) is 0.694.